The van der Waals surface area contributed by atoms with Crippen LogP contribution >= 0.6 is 34.5 Å². The van der Waals surface area contributed by atoms with Crippen LogP contribution in [0.5, 0.6) is 0 Å². The molecule has 0 spiro atoms. The van der Waals surface area contributed by atoms with Gasteiger partial charge in [0.25, 0.3) is 0 Å². The summed E-state index contributed by atoms with van der Waals surface area (Å²) in [5.74, 6) is -0.125. The summed E-state index contributed by atoms with van der Waals surface area (Å²) >= 11 is 12.9. The second-order valence-electron chi connectivity index (χ2n) is 2.89. The van der Waals surface area contributed by atoms with Crippen molar-refractivity contribution in [2.45, 2.75) is 0 Å². The van der Waals surface area contributed by atoms with Crippen molar-refractivity contribution < 1.29 is 4.79 Å². The van der Waals surface area contributed by atoms with E-state index in [1.54, 1.807) is 30.3 Å². The summed E-state index contributed by atoms with van der Waals surface area (Å²) in [7, 11) is 0. The standard InChI is InChI=1S/C11H5Cl2OS/c12-8-3-1-2-7(6-8)10(14)9-4-5-15-11(9)13/h1-4,6H. The maximum Gasteiger partial charge on any atom is 0.195 e. The van der Waals surface area contributed by atoms with Gasteiger partial charge in [0.2, 0.25) is 0 Å². The van der Waals surface area contributed by atoms with E-state index in [1.165, 1.54) is 11.3 Å². The fraction of sp³-hybridized carbons (Fsp3) is 0. The highest BCUT2D eigenvalue weighted by atomic mass is 35.5. The van der Waals surface area contributed by atoms with Crippen LogP contribution in [0.1, 0.15) is 15.9 Å². The van der Waals surface area contributed by atoms with E-state index in [9.17, 15) is 4.79 Å². The van der Waals surface area contributed by atoms with Gasteiger partial charge in [-0.25, -0.2) is 0 Å². The second kappa shape index (κ2) is 4.35. The third-order valence-corrected chi connectivity index (χ3v) is 3.20. The molecule has 1 radical (unpaired) electrons. The van der Waals surface area contributed by atoms with Crippen LogP contribution in [0.2, 0.25) is 9.36 Å². The molecule has 0 fully saturated rings. The van der Waals surface area contributed by atoms with E-state index in [2.05, 4.69) is 5.38 Å². The van der Waals surface area contributed by atoms with Gasteiger partial charge in [0.15, 0.2) is 5.78 Å². The van der Waals surface area contributed by atoms with Crippen LogP contribution in [0.25, 0.3) is 0 Å². The van der Waals surface area contributed by atoms with Gasteiger partial charge in [-0.2, -0.15) is 0 Å². The molecule has 1 aromatic heterocycles. The van der Waals surface area contributed by atoms with E-state index in [-0.39, 0.29) is 5.78 Å². The minimum atomic E-state index is -0.125. The Kier molecular flexibility index (Phi) is 3.10. The molecule has 1 heterocycles. The van der Waals surface area contributed by atoms with Gasteiger partial charge in [0.1, 0.15) is 4.34 Å². The van der Waals surface area contributed by atoms with Crippen molar-refractivity contribution in [2.75, 3.05) is 0 Å². The van der Waals surface area contributed by atoms with Gasteiger partial charge in [0, 0.05) is 16.0 Å². The maximum atomic E-state index is 11.9. The van der Waals surface area contributed by atoms with Gasteiger partial charge >= 0.3 is 0 Å². The highest BCUT2D eigenvalue weighted by Crippen LogP contribution is 2.25. The Morgan fingerprint density at radius 1 is 1.33 bits per heavy atom. The summed E-state index contributed by atoms with van der Waals surface area (Å²) < 4.78 is 0.458. The third kappa shape index (κ3) is 2.23. The molecule has 75 valence electrons. The monoisotopic (exact) mass is 255 g/mol. The number of carbonyl (C=O) groups excluding carboxylic acids is 1. The van der Waals surface area contributed by atoms with Crippen molar-refractivity contribution in [3.63, 3.8) is 0 Å². The summed E-state index contributed by atoms with van der Waals surface area (Å²) in [5, 5.41) is 3.36. The van der Waals surface area contributed by atoms with E-state index >= 15 is 0 Å². The minimum absolute atomic E-state index is 0.125. The second-order valence-corrected chi connectivity index (χ2v) is 4.78. The Morgan fingerprint density at radius 2 is 2.13 bits per heavy atom. The predicted molar refractivity (Wildman–Crippen MR) is 63.0 cm³/mol. The van der Waals surface area contributed by atoms with Crippen LogP contribution in [0.15, 0.2) is 30.3 Å². The van der Waals surface area contributed by atoms with E-state index in [4.69, 9.17) is 23.2 Å². The quantitative estimate of drug-likeness (QED) is 0.739. The first-order valence-corrected chi connectivity index (χ1v) is 5.71. The van der Waals surface area contributed by atoms with Gasteiger partial charge in [-0.05, 0) is 18.2 Å². The van der Waals surface area contributed by atoms with Gasteiger partial charge < -0.3 is 0 Å². The fourth-order valence-corrected chi connectivity index (χ4v) is 2.20. The number of carbonyl (C=O) groups is 1. The number of benzene rings is 1. The lowest BCUT2D eigenvalue weighted by molar-refractivity contribution is 0.103. The van der Waals surface area contributed by atoms with E-state index < -0.39 is 0 Å². The van der Waals surface area contributed by atoms with Crippen molar-refractivity contribution in [3.8, 4) is 0 Å². The topological polar surface area (TPSA) is 17.1 Å². The average molecular weight is 256 g/mol. The Labute approximate surface area is 101 Å². The van der Waals surface area contributed by atoms with Crippen molar-refractivity contribution in [1.29, 1.82) is 0 Å². The molecule has 0 unspecified atom stereocenters. The summed E-state index contributed by atoms with van der Waals surface area (Å²) in [6.45, 7) is 0. The molecule has 1 aromatic carbocycles. The molecule has 0 aliphatic carbocycles. The summed E-state index contributed by atoms with van der Waals surface area (Å²) in [5.41, 5.74) is 1.01. The molecule has 2 aromatic rings. The summed E-state index contributed by atoms with van der Waals surface area (Å²) in [6, 6.07) is 8.38. The molecule has 0 saturated heterocycles. The molecule has 1 nitrogen and oxygen atoms in total. The van der Waals surface area contributed by atoms with Crippen LogP contribution < -0.4 is 0 Å². The largest absolute Gasteiger partial charge is 0.289 e. The van der Waals surface area contributed by atoms with E-state index in [1.807, 2.05) is 0 Å². The Hall–Kier alpha value is -0.830. The normalized spacial score (nSPS) is 10.3. The van der Waals surface area contributed by atoms with Gasteiger partial charge in [-0.3, -0.25) is 4.79 Å². The Morgan fingerprint density at radius 3 is 2.73 bits per heavy atom. The van der Waals surface area contributed by atoms with Crippen LogP contribution in [0, 0.1) is 5.38 Å². The highest BCUT2D eigenvalue weighted by Gasteiger charge is 2.13. The van der Waals surface area contributed by atoms with Crippen molar-refractivity contribution >= 4 is 40.3 Å². The molecular weight excluding hydrogens is 251 g/mol. The molecule has 0 amide bonds. The lowest BCUT2D eigenvalue weighted by Crippen LogP contribution is -1.99. The molecule has 15 heavy (non-hydrogen) atoms. The molecule has 2 rings (SSSR count). The molecule has 0 aliphatic heterocycles. The molecule has 0 atom stereocenters. The zero-order chi connectivity index (χ0) is 10.8. The summed E-state index contributed by atoms with van der Waals surface area (Å²) in [4.78, 5) is 11.9. The van der Waals surface area contributed by atoms with Crippen LogP contribution in [0.3, 0.4) is 0 Å². The van der Waals surface area contributed by atoms with Crippen molar-refractivity contribution in [3.05, 3.63) is 56.2 Å². The van der Waals surface area contributed by atoms with Crippen LogP contribution in [0.4, 0.5) is 0 Å². The zero-order valence-electron chi connectivity index (χ0n) is 7.46. The summed E-state index contributed by atoms with van der Waals surface area (Å²) in [6.07, 6.45) is 0. The molecular formula is C11H5Cl2OS. The van der Waals surface area contributed by atoms with E-state index in [0.29, 0.717) is 20.5 Å². The van der Waals surface area contributed by atoms with Crippen LogP contribution in [-0.4, -0.2) is 5.78 Å². The molecule has 0 saturated carbocycles. The lowest BCUT2D eigenvalue weighted by atomic mass is 10.1. The molecule has 0 bridgehead atoms. The highest BCUT2D eigenvalue weighted by molar-refractivity contribution is 7.14. The smallest absolute Gasteiger partial charge is 0.195 e. The van der Waals surface area contributed by atoms with Crippen molar-refractivity contribution in [1.82, 2.24) is 0 Å². The maximum absolute atomic E-state index is 11.9. The Balaban J connectivity index is 2.41. The van der Waals surface area contributed by atoms with Gasteiger partial charge in [0.05, 0.1) is 5.56 Å². The molecule has 0 N–H and O–H groups in total. The first-order valence-electron chi connectivity index (χ1n) is 4.14. The molecule has 0 aliphatic rings. The number of halogens is 2. The Bertz CT molecular complexity index is 505. The lowest BCUT2D eigenvalue weighted by Gasteiger charge is -1.99. The molecule has 4 heteroatoms. The zero-order valence-corrected chi connectivity index (χ0v) is 9.79. The van der Waals surface area contributed by atoms with Gasteiger partial charge in [-0.1, -0.05) is 35.3 Å². The third-order valence-electron chi connectivity index (χ3n) is 1.89. The average Bonchev–Trinajstić information content (AvgIpc) is 2.63. The van der Waals surface area contributed by atoms with Crippen molar-refractivity contribution in [2.24, 2.45) is 0 Å². The number of thiophene rings is 1. The van der Waals surface area contributed by atoms with Crippen LogP contribution in [-0.2, 0) is 0 Å². The number of ketones is 1. The minimum Gasteiger partial charge on any atom is -0.289 e. The van der Waals surface area contributed by atoms with Gasteiger partial charge in [-0.15, -0.1) is 11.3 Å². The SMILES string of the molecule is O=C(c1cccc(Cl)c1)c1c[c]sc1Cl. The van der Waals surface area contributed by atoms with E-state index in [0.717, 1.165) is 0 Å². The number of hydrogen-bond acceptors (Lipinski definition) is 2. The first kappa shape index (κ1) is 10.7. The fourth-order valence-electron chi connectivity index (χ4n) is 1.19. The predicted octanol–water partition coefficient (Wildman–Crippen LogP) is 4.09. The number of rotatable bonds is 2. The first-order chi connectivity index (χ1) is 7.18. The number of hydrogen-bond donors (Lipinski definition) is 0.